The van der Waals surface area contributed by atoms with Crippen molar-refractivity contribution in [2.24, 2.45) is 0 Å². The summed E-state index contributed by atoms with van der Waals surface area (Å²) in [6.45, 7) is 10.2. The summed E-state index contributed by atoms with van der Waals surface area (Å²) in [4.78, 5) is 12.7. The van der Waals surface area contributed by atoms with Crippen LogP contribution in [0, 0.1) is 0 Å². The number of hydrogen-bond donors (Lipinski definition) is 1. The van der Waals surface area contributed by atoms with E-state index in [4.69, 9.17) is 5.11 Å². The molecule has 0 radical (unpaired) electrons. The highest BCUT2D eigenvalue weighted by atomic mass is 16.4. The normalized spacial score (nSPS) is 21.6. The van der Waals surface area contributed by atoms with E-state index in [1.54, 1.807) is 0 Å². The smallest absolute Gasteiger partial charge is 0.326 e. The van der Waals surface area contributed by atoms with Gasteiger partial charge in [-0.25, -0.2) is 4.79 Å². The highest BCUT2D eigenvalue weighted by Gasteiger charge is 2.31. The van der Waals surface area contributed by atoms with Gasteiger partial charge in [0.2, 0.25) is 0 Å². The van der Waals surface area contributed by atoms with Crippen LogP contribution in [0.15, 0.2) is 24.4 Å². The van der Waals surface area contributed by atoms with E-state index >= 15 is 0 Å². The fourth-order valence-electron chi connectivity index (χ4n) is 1.59. The Kier molecular flexibility index (Phi) is 2.76. The number of nitrogens with zero attached hydrogens (tertiary/aromatic N) is 1. The third-order valence-corrected chi connectivity index (χ3v) is 2.38. The van der Waals surface area contributed by atoms with Crippen molar-refractivity contribution in [3.8, 4) is 0 Å². The zero-order valence-electron chi connectivity index (χ0n) is 7.92. The van der Waals surface area contributed by atoms with Crippen molar-refractivity contribution in [2.45, 2.75) is 25.8 Å². The maximum Gasteiger partial charge on any atom is 0.326 e. The van der Waals surface area contributed by atoms with Crippen LogP contribution in [0.3, 0.4) is 0 Å². The van der Waals surface area contributed by atoms with E-state index in [2.05, 4.69) is 13.2 Å². The average Bonchev–Trinajstić information content (AvgIpc) is 2.50. The molecule has 0 saturated carbocycles. The fraction of sp³-hybridized carbons (Fsp3) is 0.500. The lowest BCUT2D eigenvalue weighted by molar-refractivity contribution is -0.141. The first-order valence-corrected chi connectivity index (χ1v) is 4.38. The Hall–Kier alpha value is -1.25. The molecule has 3 heteroatoms. The minimum atomic E-state index is -0.764. The third-order valence-electron chi connectivity index (χ3n) is 2.38. The van der Waals surface area contributed by atoms with Gasteiger partial charge in [-0.05, 0) is 25.3 Å². The summed E-state index contributed by atoms with van der Waals surface area (Å²) in [5, 5.41) is 8.90. The number of carbonyl (C=O) groups is 1. The predicted octanol–water partition coefficient (Wildman–Crippen LogP) is 1.63. The lowest BCUT2D eigenvalue weighted by atomic mass is 10.2. The molecule has 0 aliphatic carbocycles. The standard InChI is InChI=1S/C10H15NO2/c1-7(2)8(3)11-6-4-5-9(11)10(12)13/h9H,1,3-6H2,2H3,(H,12,13)/t9-/m1/s1. The molecule has 0 bridgehead atoms. The molecular formula is C10H15NO2. The van der Waals surface area contributed by atoms with Gasteiger partial charge in [-0.3, -0.25) is 0 Å². The fourth-order valence-corrected chi connectivity index (χ4v) is 1.59. The van der Waals surface area contributed by atoms with E-state index in [0.29, 0.717) is 6.42 Å². The van der Waals surface area contributed by atoms with E-state index < -0.39 is 12.0 Å². The second-order valence-electron chi connectivity index (χ2n) is 3.42. The van der Waals surface area contributed by atoms with E-state index in [9.17, 15) is 4.79 Å². The van der Waals surface area contributed by atoms with Crippen LogP contribution < -0.4 is 0 Å². The van der Waals surface area contributed by atoms with Crippen molar-refractivity contribution >= 4 is 5.97 Å². The molecule has 0 unspecified atom stereocenters. The molecule has 1 aliphatic heterocycles. The van der Waals surface area contributed by atoms with Gasteiger partial charge in [-0.15, -0.1) is 0 Å². The van der Waals surface area contributed by atoms with Crippen molar-refractivity contribution in [2.75, 3.05) is 6.54 Å². The molecule has 1 N–H and O–H groups in total. The first-order chi connectivity index (χ1) is 6.04. The SMILES string of the molecule is C=C(C)C(=C)N1CCC[C@@H]1C(=O)O. The highest BCUT2D eigenvalue weighted by Crippen LogP contribution is 2.24. The molecule has 0 aromatic carbocycles. The van der Waals surface area contributed by atoms with Gasteiger partial charge in [0.1, 0.15) is 6.04 Å². The molecule has 0 aromatic rings. The van der Waals surface area contributed by atoms with Crippen LogP contribution in [0.4, 0.5) is 0 Å². The van der Waals surface area contributed by atoms with E-state index in [0.717, 1.165) is 24.2 Å². The van der Waals surface area contributed by atoms with Crippen molar-refractivity contribution in [1.29, 1.82) is 0 Å². The summed E-state index contributed by atoms with van der Waals surface area (Å²) in [6.07, 6.45) is 1.63. The lowest BCUT2D eigenvalue weighted by Crippen LogP contribution is -2.35. The van der Waals surface area contributed by atoms with E-state index in [1.807, 2.05) is 11.8 Å². The Bertz CT molecular complexity index is 258. The molecule has 0 amide bonds. The quantitative estimate of drug-likeness (QED) is 0.673. The van der Waals surface area contributed by atoms with Crippen LogP contribution in [0.25, 0.3) is 0 Å². The van der Waals surface area contributed by atoms with Gasteiger partial charge >= 0.3 is 5.97 Å². The molecule has 1 fully saturated rings. The maximum absolute atomic E-state index is 10.8. The number of likely N-dealkylation sites (tertiary alicyclic amines) is 1. The number of carboxylic acids is 1. The molecule has 72 valence electrons. The minimum Gasteiger partial charge on any atom is -0.480 e. The molecule has 1 heterocycles. The zero-order valence-corrected chi connectivity index (χ0v) is 7.92. The molecule has 1 atom stereocenters. The number of carboxylic acid groups (broad SMARTS) is 1. The summed E-state index contributed by atoms with van der Waals surface area (Å²) in [5.74, 6) is -0.764. The first kappa shape index (κ1) is 9.84. The average molecular weight is 181 g/mol. The van der Waals surface area contributed by atoms with Gasteiger partial charge in [0.05, 0.1) is 0 Å². The van der Waals surface area contributed by atoms with Crippen LogP contribution in [0.1, 0.15) is 19.8 Å². The minimum absolute atomic E-state index is 0.399. The molecule has 0 aromatic heterocycles. The highest BCUT2D eigenvalue weighted by molar-refractivity contribution is 5.74. The second kappa shape index (κ2) is 3.64. The van der Waals surface area contributed by atoms with Gasteiger partial charge < -0.3 is 10.0 Å². The van der Waals surface area contributed by atoms with Crippen LogP contribution >= 0.6 is 0 Å². The summed E-state index contributed by atoms with van der Waals surface area (Å²) < 4.78 is 0. The first-order valence-electron chi connectivity index (χ1n) is 4.38. The summed E-state index contributed by atoms with van der Waals surface area (Å²) in [6, 6.07) is -0.399. The van der Waals surface area contributed by atoms with Crippen LogP contribution in [0.5, 0.6) is 0 Å². The summed E-state index contributed by atoms with van der Waals surface area (Å²) in [7, 11) is 0. The number of hydrogen-bond acceptors (Lipinski definition) is 2. The van der Waals surface area contributed by atoms with E-state index in [1.165, 1.54) is 0 Å². The van der Waals surface area contributed by atoms with Gasteiger partial charge in [0, 0.05) is 12.2 Å². The molecule has 1 rings (SSSR count). The van der Waals surface area contributed by atoms with Gasteiger partial charge in [0.25, 0.3) is 0 Å². The van der Waals surface area contributed by atoms with Crippen molar-refractivity contribution in [3.63, 3.8) is 0 Å². The lowest BCUT2D eigenvalue weighted by Gasteiger charge is -2.25. The maximum atomic E-state index is 10.8. The Balaban J connectivity index is 2.74. The summed E-state index contributed by atoms with van der Waals surface area (Å²) >= 11 is 0. The van der Waals surface area contributed by atoms with Crippen LogP contribution in [-0.4, -0.2) is 28.6 Å². The molecule has 13 heavy (non-hydrogen) atoms. The van der Waals surface area contributed by atoms with Crippen molar-refractivity contribution in [3.05, 3.63) is 24.4 Å². The Morgan fingerprint density at radius 2 is 2.15 bits per heavy atom. The summed E-state index contributed by atoms with van der Waals surface area (Å²) in [5.41, 5.74) is 1.60. The van der Waals surface area contributed by atoms with Gasteiger partial charge in [-0.1, -0.05) is 13.2 Å². The largest absolute Gasteiger partial charge is 0.480 e. The van der Waals surface area contributed by atoms with Gasteiger partial charge in [0.15, 0.2) is 0 Å². The monoisotopic (exact) mass is 181 g/mol. The van der Waals surface area contributed by atoms with Gasteiger partial charge in [-0.2, -0.15) is 0 Å². The second-order valence-corrected chi connectivity index (χ2v) is 3.42. The Morgan fingerprint density at radius 1 is 1.54 bits per heavy atom. The molecular weight excluding hydrogens is 166 g/mol. The number of rotatable bonds is 3. The van der Waals surface area contributed by atoms with Crippen molar-refractivity contribution < 1.29 is 9.90 Å². The van der Waals surface area contributed by atoms with Crippen molar-refractivity contribution in [1.82, 2.24) is 4.90 Å². The third kappa shape index (κ3) is 1.91. The van der Waals surface area contributed by atoms with Crippen LogP contribution in [-0.2, 0) is 4.79 Å². The zero-order chi connectivity index (χ0) is 10.0. The number of allylic oxidation sites excluding steroid dienone is 1. The molecule has 3 nitrogen and oxygen atoms in total. The number of aliphatic carboxylic acids is 1. The Labute approximate surface area is 78.4 Å². The molecule has 0 spiro atoms. The predicted molar refractivity (Wildman–Crippen MR) is 51.3 cm³/mol. The molecule has 1 aliphatic rings. The Morgan fingerprint density at radius 3 is 2.62 bits per heavy atom. The van der Waals surface area contributed by atoms with Crippen LogP contribution in [0.2, 0.25) is 0 Å². The van der Waals surface area contributed by atoms with E-state index in [-0.39, 0.29) is 0 Å². The molecule has 1 saturated heterocycles. The topological polar surface area (TPSA) is 40.5 Å².